The van der Waals surface area contributed by atoms with Crippen LogP contribution in [0.5, 0.6) is 0 Å². The average Bonchev–Trinajstić information content (AvgIpc) is 3.54. The molecule has 2 aliphatic rings. The number of hydrogen-bond donors (Lipinski definition) is 0. The number of aryl methyl sites for hydroxylation is 2. The Morgan fingerprint density at radius 2 is 1.75 bits per heavy atom. The van der Waals surface area contributed by atoms with Gasteiger partial charge in [-0.2, -0.15) is 0 Å². The molecule has 1 aromatic carbocycles. The van der Waals surface area contributed by atoms with E-state index in [-0.39, 0.29) is 24.5 Å². The molecular formula is C24H26N4O2S2. The van der Waals surface area contributed by atoms with Crippen LogP contribution >= 0.6 is 22.7 Å². The number of benzene rings is 1. The molecule has 0 unspecified atom stereocenters. The van der Waals surface area contributed by atoms with Gasteiger partial charge in [0.15, 0.2) is 10.8 Å². The molecule has 0 N–H and O–H groups in total. The summed E-state index contributed by atoms with van der Waals surface area (Å²) in [7, 11) is 0. The minimum atomic E-state index is 0.0625. The molecule has 1 aliphatic heterocycles. The molecule has 0 radical (unpaired) electrons. The third-order valence-corrected chi connectivity index (χ3v) is 8.31. The number of nitrogens with zero attached hydrogens (tertiary/aromatic N) is 4. The standard InChI is InChI=1S/C24H26N4O2S2/c29-20(19-8-7-17-4-1-2-5-18(17)16-19)9-10-22(30)27-11-13-28(14-12-27)24-26-25-23(32-24)21-6-3-15-31-21/h3,6-8,15-16H,1-2,4-5,9-14H2. The summed E-state index contributed by atoms with van der Waals surface area (Å²) in [6.07, 6.45) is 5.15. The highest BCUT2D eigenvalue weighted by molar-refractivity contribution is 7.22. The van der Waals surface area contributed by atoms with E-state index in [2.05, 4.69) is 27.2 Å². The van der Waals surface area contributed by atoms with Gasteiger partial charge in [0.1, 0.15) is 0 Å². The first kappa shape index (κ1) is 21.3. The largest absolute Gasteiger partial charge is 0.343 e. The number of carbonyl (C=O) groups is 2. The number of amides is 1. The molecular weight excluding hydrogens is 440 g/mol. The van der Waals surface area contributed by atoms with Crippen molar-refractivity contribution in [3.05, 3.63) is 52.4 Å². The molecule has 1 aliphatic carbocycles. The van der Waals surface area contributed by atoms with Crippen molar-refractivity contribution >= 4 is 39.5 Å². The van der Waals surface area contributed by atoms with Gasteiger partial charge in [0, 0.05) is 44.6 Å². The summed E-state index contributed by atoms with van der Waals surface area (Å²) in [5.41, 5.74) is 3.43. The van der Waals surface area contributed by atoms with E-state index < -0.39 is 0 Å². The van der Waals surface area contributed by atoms with Gasteiger partial charge in [-0.1, -0.05) is 29.5 Å². The fourth-order valence-electron chi connectivity index (χ4n) is 4.42. The number of aromatic nitrogens is 2. The second kappa shape index (κ2) is 9.50. The Bertz CT molecular complexity index is 1100. The van der Waals surface area contributed by atoms with Crippen molar-refractivity contribution in [2.75, 3.05) is 31.1 Å². The van der Waals surface area contributed by atoms with Crippen LogP contribution in [0, 0.1) is 0 Å². The van der Waals surface area contributed by atoms with Crippen molar-refractivity contribution in [2.45, 2.75) is 38.5 Å². The first-order valence-electron chi connectivity index (χ1n) is 11.2. The smallest absolute Gasteiger partial charge is 0.223 e. The molecule has 0 saturated carbocycles. The summed E-state index contributed by atoms with van der Waals surface area (Å²) in [5.74, 6) is 0.132. The Hall–Kier alpha value is -2.58. The van der Waals surface area contributed by atoms with Gasteiger partial charge in [0.2, 0.25) is 11.0 Å². The maximum atomic E-state index is 12.7. The molecule has 1 amide bonds. The number of anilines is 1. The summed E-state index contributed by atoms with van der Waals surface area (Å²) in [4.78, 5) is 30.6. The second-order valence-corrected chi connectivity index (χ2v) is 10.3. The van der Waals surface area contributed by atoms with Crippen molar-refractivity contribution < 1.29 is 9.59 Å². The number of Topliss-reactive ketones (excluding diaryl/α,β-unsaturated/α-hetero) is 1. The van der Waals surface area contributed by atoms with Gasteiger partial charge in [-0.05, 0) is 54.3 Å². The SMILES string of the molecule is O=C(CCC(=O)N1CCN(c2nnc(-c3cccs3)s2)CC1)c1ccc2c(c1)CCCC2. The van der Waals surface area contributed by atoms with Crippen molar-refractivity contribution in [3.8, 4) is 9.88 Å². The zero-order chi connectivity index (χ0) is 21.9. The van der Waals surface area contributed by atoms with Gasteiger partial charge in [-0.15, -0.1) is 21.5 Å². The summed E-state index contributed by atoms with van der Waals surface area (Å²) in [5, 5.41) is 12.5. The maximum Gasteiger partial charge on any atom is 0.223 e. The first-order valence-corrected chi connectivity index (χ1v) is 12.9. The maximum absolute atomic E-state index is 12.7. The van der Waals surface area contributed by atoms with Crippen molar-refractivity contribution in [3.63, 3.8) is 0 Å². The normalized spacial score (nSPS) is 16.1. The van der Waals surface area contributed by atoms with Gasteiger partial charge in [-0.25, -0.2) is 0 Å². The highest BCUT2D eigenvalue weighted by atomic mass is 32.1. The van der Waals surface area contributed by atoms with E-state index in [1.807, 2.05) is 28.5 Å². The molecule has 166 valence electrons. The van der Waals surface area contributed by atoms with Crippen LogP contribution in [0.4, 0.5) is 5.13 Å². The highest BCUT2D eigenvalue weighted by Gasteiger charge is 2.24. The van der Waals surface area contributed by atoms with Crippen LogP contribution in [0.15, 0.2) is 35.7 Å². The zero-order valence-electron chi connectivity index (χ0n) is 18.0. The van der Waals surface area contributed by atoms with Gasteiger partial charge < -0.3 is 9.80 Å². The van der Waals surface area contributed by atoms with E-state index in [1.165, 1.54) is 24.0 Å². The molecule has 3 aromatic rings. The summed E-state index contributed by atoms with van der Waals surface area (Å²) < 4.78 is 0. The predicted octanol–water partition coefficient (Wildman–Crippen LogP) is 4.46. The molecule has 32 heavy (non-hydrogen) atoms. The summed E-state index contributed by atoms with van der Waals surface area (Å²) in [6, 6.07) is 10.1. The first-order chi connectivity index (χ1) is 15.7. The van der Waals surface area contributed by atoms with Crippen LogP contribution in [0.1, 0.15) is 47.2 Å². The number of ketones is 1. The van der Waals surface area contributed by atoms with Crippen molar-refractivity contribution in [1.82, 2.24) is 15.1 Å². The average molecular weight is 467 g/mol. The van der Waals surface area contributed by atoms with E-state index in [1.54, 1.807) is 22.7 Å². The number of thiophene rings is 1. The monoisotopic (exact) mass is 466 g/mol. The van der Waals surface area contributed by atoms with Crippen molar-refractivity contribution in [2.24, 2.45) is 0 Å². The highest BCUT2D eigenvalue weighted by Crippen LogP contribution is 2.32. The number of piperazine rings is 1. The fraction of sp³-hybridized carbons (Fsp3) is 0.417. The topological polar surface area (TPSA) is 66.4 Å². The van der Waals surface area contributed by atoms with Crippen LogP contribution in [-0.4, -0.2) is 53.0 Å². The summed E-state index contributed by atoms with van der Waals surface area (Å²) in [6.45, 7) is 2.78. The fourth-order valence-corrected chi connectivity index (χ4v) is 6.11. The predicted molar refractivity (Wildman–Crippen MR) is 129 cm³/mol. The lowest BCUT2D eigenvalue weighted by atomic mass is 9.89. The van der Waals surface area contributed by atoms with Gasteiger partial charge in [0.25, 0.3) is 0 Å². The molecule has 2 aromatic heterocycles. The summed E-state index contributed by atoms with van der Waals surface area (Å²) >= 11 is 3.26. The Morgan fingerprint density at radius 1 is 0.938 bits per heavy atom. The van der Waals surface area contributed by atoms with Crippen LogP contribution < -0.4 is 4.90 Å². The quantitative estimate of drug-likeness (QED) is 0.502. The third kappa shape index (κ3) is 4.61. The number of fused-ring (bicyclic) bond motifs is 1. The zero-order valence-corrected chi connectivity index (χ0v) is 19.6. The minimum Gasteiger partial charge on any atom is -0.343 e. The third-order valence-electron chi connectivity index (χ3n) is 6.29. The Morgan fingerprint density at radius 3 is 2.53 bits per heavy atom. The molecule has 1 saturated heterocycles. The Labute approximate surface area is 195 Å². The van der Waals surface area contributed by atoms with E-state index in [0.29, 0.717) is 13.1 Å². The van der Waals surface area contributed by atoms with Gasteiger partial charge in [-0.3, -0.25) is 9.59 Å². The Kier molecular flexibility index (Phi) is 6.32. The lowest BCUT2D eigenvalue weighted by molar-refractivity contribution is -0.131. The number of rotatable bonds is 6. The lowest BCUT2D eigenvalue weighted by Crippen LogP contribution is -2.48. The molecule has 8 heteroatoms. The molecule has 0 atom stereocenters. The van der Waals surface area contributed by atoms with Crippen molar-refractivity contribution in [1.29, 1.82) is 0 Å². The van der Waals surface area contributed by atoms with Crippen LogP contribution in [0.2, 0.25) is 0 Å². The lowest BCUT2D eigenvalue weighted by Gasteiger charge is -2.34. The van der Waals surface area contributed by atoms with E-state index >= 15 is 0 Å². The molecule has 1 fully saturated rings. The molecule has 3 heterocycles. The van der Waals surface area contributed by atoms with E-state index in [9.17, 15) is 9.59 Å². The van der Waals surface area contributed by atoms with E-state index in [4.69, 9.17) is 0 Å². The molecule has 5 rings (SSSR count). The van der Waals surface area contributed by atoms with Gasteiger partial charge >= 0.3 is 0 Å². The number of carbonyl (C=O) groups excluding carboxylic acids is 2. The molecule has 6 nitrogen and oxygen atoms in total. The molecule has 0 spiro atoms. The van der Waals surface area contributed by atoms with E-state index in [0.717, 1.165) is 46.5 Å². The van der Waals surface area contributed by atoms with Gasteiger partial charge in [0.05, 0.1) is 4.88 Å². The second-order valence-electron chi connectivity index (χ2n) is 8.35. The minimum absolute atomic E-state index is 0.0625. The van der Waals surface area contributed by atoms with Crippen LogP contribution in [0.25, 0.3) is 9.88 Å². The van der Waals surface area contributed by atoms with Crippen LogP contribution in [0.3, 0.4) is 0 Å². The Balaban J connectivity index is 1.11. The molecule has 0 bridgehead atoms. The van der Waals surface area contributed by atoms with Crippen LogP contribution in [-0.2, 0) is 17.6 Å². The number of hydrogen-bond acceptors (Lipinski definition) is 7.